The third-order valence-electron chi connectivity index (χ3n) is 3.25. The zero-order chi connectivity index (χ0) is 13.3. The Labute approximate surface area is 108 Å². The van der Waals surface area contributed by atoms with Crippen LogP contribution in [0.1, 0.15) is 37.4 Å². The van der Waals surface area contributed by atoms with Crippen LogP contribution in [0.5, 0.6) is 5.75 Å². The highest BCUT2D eigenvalue weighted by atomic mass is 16.5. The summed E-state index contributed by atoms with van der Waals surface area (Å²) < 4.78 is 6.00. The van der Waals surface area contributed by atoms with Crippen LogP contribution < -0.4 is 15.8 Å². The largest absolute Gasteiger partial charge is 0.487 e. The molecule has 1 aliphatic heterocycles. The molecule has 0 saturated heterocycles. The standard InChI is InChI=1S/C14H20N2O2/c1-14(2)8-9-5-4-6-10(13(9)18-14)11(16-3)7-12(15)17/h4-6,11,16H,7-8H2,1-3H3,(H2,15,17). The quantitative estimate of drug-likeness (QED) is 0.849. The van der Waals surface area contributed by atoms with E-state index in [0.717, 1.165) is 17.7 Å². The molecule has 1 unspecified atom stereocenters. The number of primary amides is 1. The van der Waals surface area contributed by atoms with Crippen LogP contribution in [0, 0.1) is 0 Å². The molecule has 1 aromatic carbocycles. The van der Waals surface area contributed by atoms with Crippen molar-refractivity contribution in [3.8, 4) is 5.75 Å². The maximum Gasteiger partial charge on any atom is 0.219 e. The van der Waals surface area contributed by atoms with Crippen molar-refractivity contribution in [3.63, 3.8) is 0 Å². The van der Waals surface area contributed by atoms with Gasteiger partial charge in [0.2, 0.25) is 5.91 Å². The molecule has 0 aromatic heterocycles. The Kier molecular flexibility index (Phi) is 3.30. The molecule has 1 atom stereocenters. The molecule has 1 aliphatic rings. The topological polar surface area (TPSA) is 64.3 Å². The molecule has 98 valence electrons. The summed E-state index contributed by atoms with van der Waals surface area (Å²) in [6.45, 7) is 4.14. The van der Waals surface area contributed by atoms with Crippen LogP contribution >= 0.6 is 0 Å². The van der Waals surface area contributed by atoms with Crippen molar-refractivity contribution in [3.05, 3.63) is 29.3 Å². The minimum Gasteiger partial charge on any atom is -0.487 e. The van der Waals surface area contributed by atoms with E-state index in [9.17, 15) is 4.79 Å². The van der Waals surface area contributed by atoms with Crippen LogP contribution in [-0.4, -0.2) is 18.6 Å². The van der Waals surface area contributed by atoms with Crippen molar-refractivity contribution in [1.82, 2.24) is 5.32 Å². The van der Waals surface area contributed by atoms with Crippen molar-refractivity contribution in [2.75, 3.05) is 7.05 Å². The van der Waals surface area contributed by atoms with E-state index in [4.69, 9.17) is 10.5 Å². The third kappa shape index (κ3) is 2.48. The Hall–Kier alpha value is -1.55. The number of hydrogen-bond donors (Lipinski definition) is 2. The Balaban J connectivity index is 2.36. The van der Waals surface area contributed by atoms with Gasteiger partial charge in [-0.2, -0.15) is 0 Å². The fourth-order valence-corrected chi connectivity index (χ4v) is 2.48. The van der Waals surface area contributed by atoms with Crippen LogP contribution in [0.25, 0.3) is 0 Å². The molecule has 1 heterocycles. The van der Waals surface area contributed by atoms with Crippen LogP contribution in [0.2, 0.25) is 0 Å². The molecule has 4 heteroatoms. The summed E-state index contributed by atoms with van der Waals surface area (Å²) in [6.07, 6.45) is 1.17. The number of para-hydroxylation sites is 1. The number of carbonyl (C=O) groups excluding carboxylic acids is 1. The lowest BCUT2D eigenvalue weighted by Gasteiger charge is -2.21. The second kappa shape index (κ2) is 4.61. The van der Waals surface area contributed by atoms with E-state index >= 15 is 0 Å². The van der Waals surface area contributed by atoms with Crippen molar-refractivity contribution in [2.45, 2.75) is 38.3 Å². The highest BCUT2D eigenvalue weighted by Crippen LogP contribution is 2.40. The van der Waals surface area contributed by atoms with Gasteiger partial charge in [-0.1, -0.05) is 18.2 Å². The monoisotopic (exact) mass is 248 g/mol. The first kappa shape index (κ1) is 12.9. The molecule has 0 bridgehead atoms. The van der Waals surface area contributed by atoms with E-state index in [2.05, 4.69) is 25.2 Å². The van der Waals surface area contributed by atoms with Crippen molar-refractivity contribution < 1.29 is 9.53 Å². The lowest BCUT2D eigenvalue weighted by molar-refractivity contribution is -0.118. The number of hydrogen-bond acceptors (Lipinski definition) is 3. The second-order valence-electron chi connectivity index (χ2n) is 5.39. The van der Waals surface area contributed by atoms with E-state index in [-0.39, 0.29) is 24.0 Å². The van der Waals surface area contributed by atoms with Gasteiger partial charge >= 0.3 is 0 Å². The van der Waals surface area contributed by atoms with Crippen LogP contribution in [0.3, 0.4) is 0 Å². The van der Waals surface area contributed by atoms with Crippen molar-refractivity contribution in [2.24, 2.45) is 5.73 Å². The average molecular weight is 248 g/mol. The summed E-state index contributed by atoms with van der Waals surface area (Å²) in [7, 11) is 1.83. The molecule has 0 spiro atoms. The molecular weight excluding hydrogens is 228 g/mol. The van der Waals surface area contributed by atoms with Gasteiger partial charge in [0.05, 0.1) is 0 Å². The summed E-state index contributed by atoms with van der Waals surface area (Å²) in [5.74, 6) is 0.590. The molecule has 2 rings (SSSR count). The molecule has 0 aliphatic carbocycles. The van der Waals surface area contributed by atoms with Gasteiger partial charge in [0.1, 0.15) is 11.4 Å². The zero-order valence-electron chi connectivity index (χ0n) is 11.1. The molecule has 1 aromatic rings. The molecule has 0 radical (unpaired) electrons. The smallest absolute Gasteiger partial charge is 0.219 e. The van der Waals surface area contributed by atoms with Gasteiger partial charge in [-0.05, 0) is 26.5 Å². The number of benzene rings is 1. The van der Waals surface area contributed by atoms with Gasteiger partial charge in [-0.3, -0.25) is 4.79 Å². The normalized spacial score (nSPS) is 17.9. The number of rotatable bonds is 4. The molecule has 4 nitrogen and oxygen atoms in total. The molecular formula is C14H20N2O2. The summed E-state index contributed by atoms with van der Waals surface area (Å²) in [5, 5.41) is 3.13. The second-order valence-corrected chi connectivity index (χ2v) is 5.39. The highest BCUT2D eigenvalue weighted by molar-refractivity contribution is 5.75. The summed E-state index contributed by atoms with van der Waals surface area (Å²) >= 11 is 0. The van der Waals surface area contributed by atoms with Crippen LogP contribution in [0.15, 0.2) is 18.2 Å². The highest BCUT2D eigenvalue weighted by Gasteiger charge is 2.33. The van der Waals surface area contributed by atoms with E-state index in [0.29, 0.717) is 0 Å². The van der Waals surface area contributed by atoms with E-state index in [1.165, 1.54) is 5.56 Å². The number of nitrogens with two attached hydrogens (primary N) is 1. The number of nitrogens with one attached hydrogen (secondary N) is 1. The van der Waals surface area contributed by atoms with Gasteiger partial charge in [0, 0.05) is 24.4 Å². The number of ether oxygens (including phenoxy) is 1. The predicted octanol–water partition coefficient (Wildman–Crippen LogP) is 1.54. The van der Waals surface area contributed by atoms with Crippen LogP contribution in [0.4, 0.5) is 0 Å². The predicted molar refractivity (Wildman–Crippen MR) is 70.5 cm³/mol. The molecule has 1 amide bonds. The lowest BCUT2D eigenvalue weighted by Crippen LogP contribution is -2.26. The zero-order valence-corrected chi connectivity index (χ0v) is 11.1. The first-order valence-corrected chi connectivity index (χ1v) is 6.19. The maximum absolute atomic E-state index is 11.1. The first-order chi connectivity index (χ1) is 8.43. The number of carbonyl (C=O) groups is 1. The summed E-state index contributed by atoms with van der Waals surface area (Å²) in [5.41, 5.74) is 7.32. The van der Waals surface area contributed by atoms with E-state index < -0.39 is 0 Å². The van der Waals surface area contributed by atoms with Crippen molar-refractivity contribution in [1.29, 1.82) is 0 Å². The number of amides is 1. The molecule has 18 heavy (non-hydrogen) atoms. The van der Waals surface area contributed by atoms with Crippen LogP contribution in [-0.2, 0) is 11.2 Å². The van der Waals surface area contributed by atoms with Gasteiger partial charge in [-0.15, -0.1) is 0 Å². The van der Waals surface area contributed by atoms with Gasteiger partial charge < -0.3 is 15.8 Å². The van der Waals surface area contributed by atoms with Gasteiger partial charge in [-0.25, -0.2) is 0 Å². The molecule has 3 N–H and O–H groups in total. The maximum atomic E-state index is 11.1. The van der Waals surface area contributed by atoms with Crippen molar-refractivity contribution >= 4 is 5.91 Å². The summed E-state index contributed by atoms with van der Waals surface area (Å²) in [6, 6.07) is 5.98. The van der Waals surface area contributed by atoms with E-state index in [1.54, 1.807) is 0 Å². The summed E-state index contributed by atoms with van der Waals surface area (Å²) in [4.78, 5) is 11.1. The minimum absolute atomic E-state index is 0.0913. The average Bonchev–Trinajstić information content (AvgIpc) is 2.59. The third-order valence-corrected chi connectivity index (χ3v) is 3.25. The Bertz CT molecular complexity index is 469. The van der Waals surface area contributed by atoms with Gasteiger partial charge in [0.15, 0.2) is 0 Å². The Morgan fingerprint density at radius 3 is 2.89 bits per heavy atom. The molecule has 0 saturated carbocycles. The Morgan fingerprint density at radius 1 is 1.56 bits per heavy atom. The minimum atomic E-state index is -0.316. The fourth-order valence-electron chi connectivity index (χ4n) is 2.48. The molecule has 0 fully saturated rings. The fraction of sp³-hybridized carbons (Fsp3) is 0.500. The first-order valence-electron chi connectivity index (χ1n) is 6.19. The van der Waals surface area contributed by atoms with E-state index in [1.807, 2.05) is 19.2 Å². The number of fused-ring (bicyclic) bond motifs is 1. The lowest BCUT2D eigenvalue weighted by atomic mass is 9.97. The van der Waals surface area contributed by atoms with Gasteiger partial charge in [0.25, 0.3) is 0 Å². The Morgan fingerprint density at radius 2 is 2.28 bits per heavy atom. The SMILES string of the molecule is CNC(CC(N)=O)c1cccc2c1OC(C)(C)C2.